The Hall–Kier alpha value is -5.44. The van der Waals surface area contributed by atoms with Crippen molar-refractivity contribution in [2.45, 2.75) is 30.7 Å². The lowest BCUT2D eigenvalue weighted by atomic mass is 9.99. The number of aliphatic hydroxyl groups is 2. The van der Waals surface area contributed by atoms with Crippen LogP contribution in [0.4, 0.5) is 0 Å². The summed E-state index contributed by atoms with van der Waals surface area (Å²) >= 11 is 0. The third-order valence-electron chi connectivity index (χ3n) is 6.41. The highest BCUT2D eigenvalue weighted by Gasteiger charge is 2.48. The van der Waals surface area contributed by atoms with Crippen molar-refractivity contribution < 1.29 is 69.4 Å². The van der Waals surface area contributed by atoms with E-state index in [9.17, 15) is 50.4 Å². The molecule has 232 valence electrons. The van der Waals surface area contributed by atoms with Crippen LogP contribution in [0.25, 0.3) is 6.08 Å². The van der Waals surface area contributed by atoms with Crippen LogP contribution in [-0.2, 0) is 18.9 Å². The summed E-state index contributed by atoms with van der Waals surface area (Å²) in [5.74, 6) is -7.39. The minimum Gasteiger partial charge on any atom is -0.504 e. The topological polar surface area (TPSA) is 233 Å². The number of phenols is 6. The van der Waals surface area contributed by atoms with E-state index >= 15 is 0 Å². The van der Waals surface area contributed by atoms with E-state index in [1.165, 1.54) is 6.08 Å². The van der Waals surface area contributed by atoms with Gasteiger partial charge in [0.1, 0.15) is 30.7 Å². The van der Waals surface area contributed by atoms with Gasteiger partial charge in [-0.2, -0.15) is 0 Å². The number of esters is 2. The first-order valence-electron chi connectivity index (χ1n) is 12.8. The summed E-state index contributed by atoms with van der Waals surface area (Å²) in [6, 6.07) is 12.2. The highest BCUT2D eigenvalue weighted by molar-refractivity contribution is 5.91. The molecule has 1 heterocycles. The Morgan fingerprint density at radius 3 is 1.84 bits per heavy atom. The molecule has 1 fully saturated rings. The molecule has 14 nitrogen and oxygen atoms in total. The summed E-state index contributed by atoms with van der Waals surface area (Å²) in [5, 5.41) is 79.7. The summed E-state index contributed by atoms with van der Waals surface area (Å²) in [6.45, 7) is 3.00. The lowest BCUT2D eigenvalue weighted by Gasteiger charge is -2.41. The second kappa shape index (κ2) is 13.2. The second-order valence-electron chi connectivity index (χ2n) is 9.55. The molecule has 3 aromatic rings. The highest BCUT2D eigenvalue weighted by atomic mass is 16.7. The second-order valence-corrected chi connectivity index (χ2v) is 9.55. The van der Waals surface area contributed by atoms with E-state index in [2.05, 4.69) is 6.58 Å². The zero-order chi connectivity index (χ0) is 32.1. The van der Waals surface area contributed by atoms with Gasteiger partial charge >= 0.3 is 11.9 Å². The minimum absolute atomic E-state index is 0.0357. The van der Waals surface area contributed by atoms with Crippen molar-refractivity contribution in [1.82, 2.24) is 0 Å². The first-order chi connectivity index (χ1) is 20.8. The van der Waals surface area contributed by atoms with Gasteiger partial charge in [0.2, 0.25) is 6.29 Å². The number of ether oxygens (including phenoxy) is 4. The number of carbonyl (C=O) groups is 2. The molecule has 0 aliphatic carbocycles. The molecule has 0 unspecified atom stereocenters. The van der Waals surface area contributed by atoms with Crippen molar-refractivity contribution in [2.24, 2.45) is 0 Å². The van der Waals surface area contributed by atoms with Gasteiger partial charge in [0.05, 0.1) is 11.1 Å². The average Bonchev–Trinajstić information content (AvgIpc) is 3.00. The Morgan fingerprint density at radius 2 is 1.30 bits per heavy atom. The van der Waals surface area contributed by atoms with Crippen molar-refractivity contribution in [3.63, 3.8) is 0 Å². The lowest BCUT2D eigenvalue weighted by molar-refractivity contribution is -0.287. The molecule has 1 aliphatic rings. The van der Waals surface area contributed by atoms with E-state index in [1.807, 2.05) is 6.07 Å². The monoisotopic (exact) mass is 612 g/mol. The minimum atomic E-state index is -1.82. The van der Waals surface area contributed by atoms with Gasteiger partial charge in [0.25, 0.3) is 0 Å². The molecular weight excluding hydrogens is 584 g/mol. The number of carbonyl (C=O) groups excluding carboxylic acids is 2. The van der Waals surface area contributed by atoms with Gasteiger partial charge < -0.3 is 59.8 Å². The van der Waals surface area contributed by atoms with Gasteiger partial charge in [-0.15, -0.1) is 0 Å². The zero-order valence-electron chi connectivity index (χ0n) is 22.7. The molecule has 1 saturated heterocycles. The number of hydrogen-bond donors (Lipinski definition) is 8. The third kappa shape index (κ3) is 7.12. The van der Waals surface area contributed by atoms with Crippen LogP contribution in [0.5, 0.6) is 34.5 Å². The lowest BCUT2D eigenvalue weighted by Crippen LogP contribution is -2.60. The van der Waals surface area contributed by atoms with Crippen LogP contribution in [0.1, 0.15) is 26.3 Å². The van der Waals surface area contributed by atoms with Crippen LogP contribution in [0.15, 0.2) is 73.0 Å². The number of aromatic hydroxyl groups is 6. The molecule has 0 saturated carbocycles. The summed E-state index contributed by atoms with van der Waals surface area (Å²) < 4.78 is 21.7. The Balaban J connectivity index is 1.54. The van der Waals surface area contributed by atoms with Crippen molar-refractivity contribution in [1.29, 1.82) is 0 Å². The van der Waals surface area contributed by atoms with Crippen LogP contribution in [0.2, 0.25) is 0 Å². The smallest absolute Gasteiger partial charge is 0.340 e. The molecule has 14 heteroatoms. The molecule has 8 N–H and O–H groups in total. The summed E-state index contributed by atoms with van der Waals surface area (Å²) in [7, 11) is 0. The maximum Gasteiger partial charge on any atom is 0.340 e. The van der Waals surface area contributed by atoms with Crippen molar-refractivity contribution in [3.05, 3.63) is 89.7 Å². The van der Waals surface area contributed by atoms with Crippen molar-refractivity contribution >= 4 is 18.0 Å². The van der Waals surface area contributed by atoms with Crippen LogP contribution in [0, 0.1) is 0 Å². The summed E-state index contributed by atoms with van der Waals surface area (Å²) in [5.41, 5.74) is -0.0236. The van der Waals surface area contributed by atoms with Crippen LogP contribution < -0.4 is 0 Å². The molecule has 3 aromatic carbocycles. The molecule has 0 aromatic heterocycles. The predicted molar refractivity (Wildman–Crippen MR) is 149 cm³/mol. The molecule has 0 spiro atoms. The maximum atomic E-state index is 12.9. The SMILES string of the molecule is C=C(C=Cc1ccccc1)O[C@@H]1[C@H](OC(=O)c2cc(O)c(O)c(O)c2)O[C@H](COC(=O)c2cc(O)c(O)c(O)c2)[C@@H](O)[C@@H]1O. The van der Waals surface area contributed by atoms with E-state index in [0.29, 0.717) is 0 Å². The molecule has 0 radical (unpaired) electrons. The first-order valence-corrected chi connectivity index (χ1v) is 12.8. The first kappa shape index (κ1) is 31.5. The fourth-order valence-corrected chi connectivity index (χ4v) is 4.09. The average molecular weight is 613 g/mol. The zero-order valence-corrected chi connectivity index (χ0v) is 22.7. The van der Waals surface area contributed by atoms with Gasteiger partial charge in [0.15, 0.2) is 40.6 Å². The largest absolute Gasteiger partial charge is 0.504 e. The molecular formula is C30H28O14. The highest BCUT2D eigenvalue weighted by Crippen LogP contribution is 2.37. The number of phenolic OH excluding ortho intramolecular Hbond substituents is 6. The quantitative estimate of drug-likeness (QED) is 0.0747. The predicted octanol–water partition coefficient (Wildman–Crippen LogP) is 1.99. The number of hydrogen-bond acceptors (Lipinski definition) is 14. The van der Waals surface area contributed by atoms with E-state index < -0.39 is 89.3 Å². The maximum absolute atomic E-state index is 12.9. The molecule has 1 aliphatic heterocycles. The Morgan fingerprint density at radius 1 is 0.773 bits per heavy atom. The van der Waals surface area contributed by atoms with Crippen LogP contribution >= 0.6 is 0 Å². The fourth-order valence-electron chi connectivity index (χ4n) is 4.09. The molecule has 0 amide bonds. The van der Waals surface area contributed by atoms with E-state index in [-0.39, 0.29) is 11.3 Å². The Bertz CT molecular complexity index is 1520. The fraction of sp³-hybridized carbons (Fsp3) is 0.200. The Kier molecular flexibility index (Phi) is 9.48. The number of aliphatic hydroxyl groups excluding tert-OH is 2. The molecule has 44 heavy (non-hydrogen) atoms. The van der Waals surface area contributed by atoms with Crippen molar-refractivity contribution in [3.8, 4) is 34.5 Å². The van der Waals surface area contributed by atoms with Crippen LogP contribution in [0.3, 0.4) is 0 Å². The van der Waals surface area contributed by atoms with E-state index in [1.54, 1.807) is 30.3 Å². The number of allylic oxidation sites excluding steroid dienone is 1. The number of benzene rings is 3. The standard InChI is InChI=1S/C30H28O14/c1-14(7-8-15-5-3-2-4-6-15)42-27-26(38)25(37)22(13-41-28(39)16-9-18(31)23(35)19(32)10-16)43-30(27)44-29(40)17-11-20(33)24(36)21(34)12-17/h2-12,22,25-27,30-38H,1,13H2/t22-,25-,26+,27+,30+/m1/s1. The van der Waals surface area contributed by atoms with E-state index in [0.717, 1.165) is 29.8 Å². The van der Waals surface area contributed by atoms with Crippen LogP contribution in [-0.4, -0.2) is 90.1 Å². The Labute approximate surface area is 249 Å². The summed E-state index contributed by atoms with van der Waals surface area (Å²) in [4.78, 5) is 25.4. The molecule has 4 rings (SSSR count). The molecule has 0 bridgehead atoms. The van der Waals surface area contributed by atoms with E-state index in [4.69, 9.17) is 18.9 Å². The molecule has 5 atom stereocenters. The van der Waals surface area contributed by atoms with Crippen molar-refractivity contribution in [2.75, 3.05) is 6.61 Å². The van der Waals surface area contributed by atoms with Gasteiger partial charge in [0, 0.05) is 0 Å². The normalized spacial score (nSPS) is 21.5. The van der Waals surface area contributed by atoms with Gasteiger partial charge in [-0.1, -0.05) is 43.0 Å². The van der Waals surface area contributed by atoms with Gasteiger partial charge in [-0.3, -0.25) is 0 Å². The van der Waals surface area contributed by atoms with Gasteiger partial charge in [-0.25, -0.2) is 9.59 Å². The van der Waals surface area contributed by atoms with Gasteiger partial charge in [-0.05, 0) is 35.9 Å². The third-order valence-corrected chi connectivity index (χ3v) is 6.41. The number of rotatable bonds is 9. The summed E-state index contributed by atoms with van der Waals surface area (Å²) in [6.07, 6.45) is -5.45.